The number of nitrogens with zero attached hydrogens (tertiary/aromatic N) is 1. The fourth-order valence-electron chi connectivity index (χ4n) is 1.66. The average molecular weight is 253 g/mol. The number of rotatable bonds is 3. The van der Waals surface area contributed by atoms with E-state index < -0.39 is 0 Å². The molecule has 6 heteroatoms. The van der Waals surface area contributed by atoms with Crippen molar-refractivity contribution in [3.63, 3.8) is 0 Å². The number of carbonyl (C=O) groups excluding carboxylic acids is 1. The van der Waals surface area contributed by atoms with Crippen LogP contribution in [-0.2, 0) is 18.4 Å². The molecule has 1 aromatic rings. The molecule has 0 aliphatic carbocycles. The van der Waals surface area contributed by atoms with Crippen LogP contribution in [0.4, 0.5) is 0 Å². The highest BCUT2D eigenvalue weighted by molar-refractivity contribution is 7.99. The Morgan fingerprint density at radius 1 is 1.71 bits per heavy atom. The summed E-state index contributed by atoms with van der Waals surface area (Å²) in [6.07, 6.45) is 1.70. The molecule has 17 heavy (non-hydrogen) atoms. The van der Waals surface area contributed by atoms with Gasteiger partial charge in [0.05, 0.1) is 6.04 Å². The minimum Gasteiger partial charge on any atom is -0.350 e. The number of amides is 1. The Hall–Kier alpha value is -1.27. The molecular formula is C11H15N3O2S. The predicted molar refractivity (Wildman–Crippen MR) is 67.8 cm³/mol. The lowest BCUT2D eigenvalue weighted by molar-refractivity contribution is -0.122. The Morgan fingerprint density at radius 3 is 3.24 bits per heavy atom. The maximum absolute atomic E-state index is 11.7. The molecule has 1 atom stereocenters. The maximum atomic E-state index is 11.7. The molecule has 1 aliphatic heterocycles. The Kier molecular flexibility index (Phi) is 3.86. The third-order valence-electron chi connectivity index (χ3n) is 2.69. The molecule has 0 bridgehead atoms. The van der Waals surface area contributed by atoms with E-state index in [4.69, 9.17) is 0 Å². The molecule has 2 N–H and O–H groups in total. The fourth-order valence-corrected chi connectivity index (χ4v) is 2.60. The molecular weight excluding hydrogens is 238 g/mol. The van der Waals surface area contributed by atoms with Gasteiger partial charge >= 0.3 is 0 Å². The van der Waals surface area contributed by atoms with Crippen molar-refractivity contribution in [3.05, 3.63) is 34.2 Å². The van der Waals surface area contributed by atoms with Crippen LogP contribution in [0.5, 0.6) is 0 Å². The monoisotopic (exact) mass is 253 g/mol. The Labute approximate surface area is 104 Å². The van der Waals surface area contributed by atoms with E-state index in [0.29, 0.717) is 5.56 Å². The molecule has 0 saturated carbocycles. The van der Waals surface area contributed by atoms with Gasteiger partial charge in [0.15, 0.2) is 0 Å². The molecule has 0 radical (unpaired) electrons. The van der Waals surface area contributed by atoms with Crippen molar-refractivity contribution in [2.45, 2.75) is 12.6 Å². The van der Waals surface area contributed by atoms with Gasteiger partial charge in [-0.1, -0.05) is 6.07 Å². The molecule has 0 aromatic carbocycles. The van der Waals surface area contributed by atoms with Crippen molar-refractivity contribution in [1.29, 1.82) is 0 Å². The van der Waals surface area contributed by atoms with Gasteiger partial charge in [-0.25, -0.2) is 0 Å². The van der Waals surface area contributed by atoms with Crippen LogP contribution < -0.4 is 16.2 Å². The largest absolute Gasteiger partial charge is 0.350 e. The van der Waals surface area contributed by atoms with Gasteiger partial charge in [-0.05, 0) is 6.07 Å². The van der Waals surface area contributed by atoms with E-state index in [2.05, 4.69) is 10.6 Å². The fraction of sp³-hybridized carbons (Fsp3) is 0.455. The van der Waals surface area contributed by atoms with E-state index >= 15 is 0 Å². The predicted octanol–water partition coefficient (Wildman–Crippen LogP) is -0.336. The van der Waals surface area contributed by atoms with Crippen LogP contribution in [0.3, 0.4) is 0 Å². The van der Waals surface area contributed by atoms with Gasteiger partial charge < -0.3 is 9.88 Å². The molecule has 5 nitrogen and oxygen atoms in total. The Morgan fingerprint density at radius 2 is 2.53 bits per heavy atom. The van der Waals surface area contributed by atoms with Crippen LogP contribution in [0.25, 0.3) is 0 Å². The minimum atomic E-state index is -0.132. The van der Waals surface area contributed by atoms with Crippen LogP contribution in [-0.4, -0.2) is 28.1 Å². The number of carbonyl (C=O) groups is 1. The Bertz CT molecular complexity index is 466. The molecule has 1 saturated heterocycles. The topological polar surface area (TPSA) is 63.1 Å². The summed E-state index contributed by atoms with van der Waals surface area (Å²) in [6, 6.07) is 3.40. The molecule has 2 heterocycles. The summed E-state index contributed by atoms with van der Waals surface area (Å²) in [4.78, 5) is 23.4. The van der Waals surface area contributed by atoms with Gasteiger partial charge in [0, 0.05) is 37.0 Å². The first-order valence-electron chi connectivity index (χ1n) is 5.42. The highest BCUT2D eigenvalue weighted by Gasteiger charge is 2.22. The van der Waals surface area contributed by atoms with Crippen LogP contribution in [0.1, 0.15) is 5.56 Å². The Balaban J connectivity index is 1.95. The lowest BCUT2D eigenvalue weighted by Gasteiger charge is -2.10. The SMILES string of the molecule is Cn1cccc(CNC(=O)C2CSCN2)c1=O. The summed E-state index contributed by atoms with van der Waals surface area (Å²) in [5.74, 6) is 1.56. The summed E-state index contributed by atoms with van der Waals surface area (Å²) >= 11 is 1.70. The molecule has 92 valence electrons. The zero-order chi connectivity index (χ0) is 12.3. The van der Waals surface area contributed by atoms with Crippen LogP contribution >= 0.6 is 11.8 Å². The summed E-state index contributed by atoms with van der Waals surface area (Å²) in [6.45, 7) is 0.287. The van der Waals surface area contributed by atoms with Gasteiger partial charge in [0.1, 0.15) is 0 Å². The smallest absolute Gasteiger partial charge is 0.255 e. The second kappa shape index (κ2) is 5.37. The van der Waals surface area contributed by atoms with E-state index in [1.54, 1.807) is 37.1 Å². The third-order valence-corrected chi connectivity index (χ3v) is 3.63. The first-order chi connectivity index (χ1) is 8.18. The number of nitrogens with one attached hydrogen (secondary N) is 2. The molecule has 1 aliphatic rings. The molecule has 1 unspecified atom stereocenters. The highest BCUT2D eigenvalue weighted by atomic mass is 32.2. The number of thioether (sulfide) groups is 1. The lowest BCUT2D eigenvalue weighted by Crippen LogP contribution is -2.42. The minimum absolute atomic E-state index is 0.0408. The number of hydrogen-bond donors (Lipinski definition) is 2. The maximum Gasteiger partial charge on any atom is 0.255 e. The first kappa shape index (κ1) is 12.2. The van der Waals surface area contributed by atoms with Crippen LogP contribution in [0, 0.1) is 0 Å². The van der Waals surface area contributed by atoms with Crippen LogP contribution in [0.15, 0.2) is 23.1 Å². The number of aromatic nitrogens is 1. The second-order valence-corrected chi connectivity index (χ2v) is 4.97. The first-order valence-corrected chi connectivity index (χ1v) is 6.57. The van der Waals surface area contributed by atoms with E-state index in [-0.39, 0.29) is 24.1 Å². The summed E-state index contributed by atoms with van der Waals surface area (Å²) in [5, 5.41) is 5.87. The van der Waals surface area contributed by atoms with Crippen molar-refractivity contribution in [2.75, 3.05) is 11.6 Å². The number of pyridine rings is 1. The zero-order valence-electron chi connectivity index (χ0n) is 9.60. The van der Waals surface area contributed by atoms with Crippen molar-refractivity contribution in [1.82, 2.24) is 15.2 Å². The van der Waals surface area contributed by atoms with Gasteiger partial charge in [0.2, 0.25) is 5.91 Å². The van der Waals surface area contributed by atoms with Gasteiger partial charge in [-0.2, -0.15) is 0 Å². The normalized spacial score (nSPS) is 19.2. The highest BCUT2D eigenvalue weighted by Crippen LogP contribution is 2.09. The van der Waals surface area contributed by atoms with Crippen molar-refractivity contribution >= 4 is 17.7 Å². The van der Waals surface area contributed by atoms with Crippen molar-refractivity contribution in [2.24, 2.45) is 7.05 Å². The van der Waals surface area contributed by atoms with Crippen LogP contribution in [0.2, 0.25) is 0 Å². The van der Waals surface area contributed by atoms with Gasteiger partial charge in [-0.3, -0.25) is 14.9 Å². The number of aryl methyl sites for hydroxylation is 1. The van der Waals surface area contributed by atoms with Gasteiger partial charge in [-0.15, -0.1) is 11.8 Å². The third kappa shape index (κ3) is 2.89. The summed E-state index contributed by atoms with van der Waals surface area (Å²) in [5.41, 5.74) is 0.538. The summed E-state index contributed by atoms with van der Waals surface area (Å²) in [7, 11) is 1.70. The van der Waals surface area contributed by atoms with Gasteiger partial charge in [0.25, 0.3) is 5.56 Å². The molecule has 0 spiro atoms. The molecule has 1 fully saturated rings. The second-order valence-electron chi connectivity index (χ2n) is 3.94. The molecule has 1 aromatic heterocycles. The summed E-state index contributed by atoms with van der Waals surface area (Å²) < 4.78 is 1.51. The van der Waals surface area contributed by atoms with E-state index in [0.717, 1.165) is 11.6 Å². The van der Waals surface area contributed by atoms with E-state index in [1.807, 2.05) is 0 Å². The van der Waals surface area contributed by atoms with E-state index in [9.17, 15) is 9.59 Å². The quantitative estimate of drug-likeness (QED) is 0.774. The lowest BCUT2D eigenvalue weighted by atomic mass is 10.2. The molecule has 2 rings (SSSR count). The average Bonchev–Trinajstić information content (AvgIpc) is 2.84. The zero-order valence-corrected chi connectivity index (χ0v) is 10.4. The number of hydrogen-bond acceptors (Lipinski definition) is 4. The van der Waals surface area contributed by atoms with Crippen molar-refractivity contribution < 1.29 is 4.79 Å². The van der Waals surface area contributed by atoms with Crippen molar-refractivity contribution in [3.8, 4) is 0 Å². The molecule has 1 amide bonds. The standard InChI is InChI=1S/C11H15N3O2S/c1-14-4-2-3-8(11(14)16)5-12-10(15)9-6-17-7-13-9/h2-4,9,13H,5-7H2,1H3,(H,12,15). The van der Waals surface area contributed by atoms with E-state index in [1.165, 1.54) is 4.57 Å².